The fourth-order valence-corrected chi connectivity index (χ4v) is 1.99. The van der Waals surface area contributed by atoms with Crippen LogP contribution >= 0.6 is 0 Å². The van der Waals surface area contributed by atoms with Gasteiger partial charge in [-0.15, -0.1) is 0 Å². The molecule has 2 N–H and O–H groups in total. The van der Waals surface area contributed by atoms with Gasteiger partial charge in [0, 0.05) is 19.4 Å². The Morgan fingerprint density at radius 1 is 1.65 bits per heavy atom. The van der Waals surface area contributed by atoms with Gasteiger partial charge in [0.15, 0.2) is 5.82 Å². The minimum absolute atomic E-state index is 0.244. The zero-order valence-electron chi connectivity index (χ0n) is 9.54. The summed E-state index contributed by atoms with van der Waals surface area (Å²) >= 11 is 0. The minimum Gasteiger partial charge on any atom is -0.480 e. The van der Waals surface area contributed by atoms with Crippen LogP contribution in [0.5, 0.6) is 0 Å². The van der Waals surface area contributed by atoms with Gasteiger partial charge in [-0.3, -0.25) is 9.69 Å². The Hall–Kier alpha value is -1.47. The fraction of sp³-hybridized carbons (Fsp3) is 0.700. The molecule has 1 aromatic heterocycles. The first-order chi connectivity index (χ1) is 8.10. The van der Waals surface area contributed by atoms with Gasteiger partial charge in [-0.2, -0.15) is 4.98 Å². The number of likely N-dealkylation sites (tertiary alicyclic amines) is 1. The number of aromatic nitrogens is 2. The van der Waals surface area contributed by atoms with Gasteiger partial charge in [-0.05, 0) is 0 Å². The highest BCUT2D eigenvalue weighted by molar-refractivity contribution is 5.73. The van der Waals surface area contributed by atoms with Crippen LogP contribution in [0, 0.1) is 0 Å². The maximum atomic E-state index is 11.0. The van der Waals surface area contributed by atoms with Gasteiger partial charge in [0.25, 0.3) is 0 Å². The zero-order chi connectivity index (χ0) is 12.4. The standard InChI is InChI=1S/C10H15N3O4/c1-2-9-11-8(12-17-9)5-13-4-6(14)3-7(13)10(15)16/h6-7,14H,2-5H2,1H3,(H,15,16). The van der Waals surface area contributed by atoms with E-state index in [4.69, 9.17) is 9.63 Å². The molecule has 0 radical (unpaired) electrons. The largest absolute Gasteiger partial charge is 0.480 e. The highest BCUT2D eigenvalue weighted by Crippen LogP contribution is 2.19. The summed E-state index contributed by atoms with van der Waals surface area (Å²) in [7, 11) is 0. The highest BCUT2D eigenvalue weighted by atomic mass is 16.5. The number of aliphatic hydroxyl groups is 1. The Morgan fingerprint density at radius 3 is 3.00 bits per heavy atom. The average molecular weight is 241 g/mol. The summed E-state index contributed by atoms with van der Waals surface area (Å²) in [6.45, 7) is 2.52. The van der Waals surface area contributed by atoms with Gasteiger partial charge >= 0.3 is 5.97 Å². The molecule has 2 atom stereocenters. The van der Waals surface area contributed by atoms with Gasteiger partial charge in [0.1, 0.15) is 6.04 Å². The summed E-state index contributed by atoms with van der Waals surface area (Å²) < 4.78 is 4.95. The van der Waals surface area contributed by atoms with E-state index in [1.54, 1.807) is 4.90 Å². The number of nitrogens with zero attached hydrogens (tertiary/aromatic N) is 3. The quantitative estimate of drug-likeness (QED) is 0.743. The second-order valence-corrected chi connectivity index (χ2v) is 4.13. The smallest absolute Gasteiger partial charge is 0.321 e. The van der Waals surface area contributed by atoms with Crippen LogP contribution in [0.1, 0.15) is 25.1 Å². The monoisotopic (exact) mass is 241 g/mol. The van der Waals surface area contributed by atoms with Crippen molar-refractivity contribution in [2.75, 3.05) is 6.54 Å². The van der Waals surface area contributed by atoms with Crippen LogP contribution in [0.4, 0.5) is 0 Å². The Morgan fingerprint density at radius 2 is 2.41 bits per heavy atom. The summed E-state index contributed by atoms with van der Waals surface area (Å²) in [4.78, 5) is 16.8. The SMILES string of the molecule is CCc1nc(CN2CC(O)CC2C(=O)O)no1. The number of aliphatic hydroxyl groups excluding tert-OH is 1. The predicted octanol–water partition coefficient (Wildman–Crippen LogP) is -0.348. The molecule has 1 aliphatic heterocycles. The van der Waals surface area contributed by atoms with Gasteiger partial charge in [-0.25, -0.2) is 0 Å². The summed E-state index contributed by atoms with van der Waals surface area (Å²) in [5.74, 6) is 0.0644. The molecule has 0 bridgehead atoms. The number of rotatable bonds is 4. The lowest BCUT2D eigenvalue weighted by molar-refractivity contribution is -0.142. The van der Waals surface area contributed by atoms with Crippen molar-refractivity contribution in [3.63, 3.8) is 0 Å². The van der Waals surface area contributed by atoms with Crippen molar-refractivity contribution in [2.45, 2.75) is 38.5 Å². The van der Waals surface area contributed by atoms with Crippen molar-refractivity contribution in [1.82, 2.24) is 15.0 Å². The molecule has 0 aromatic carbocycles. The number of aryl methyl sites for hydroxylation is 1. The molecular formula is C10H15N3O4. The molecule has 2 rings (SSSR count). The number of β-amino-alcohol motifs (C(OH)–C–C–N with tert-alkyl or cyclic N) is 1. The van der Waals surface area contributed by atoms with Crippen molar-refractivity contribution >= 4 is 5.97 Å². The van der Waals surface area contributed by atoms with Crippen molar-refractivity contribution < 1.29 is 19.5 Å². The van der Waals surface area contributed by atoms with E-state index >= 15 is 0 Å². The molecule has 1 saturated heterocycles. The summed E-state index contributed by atoms with van der Waals surface area (Å²) in [6.07, 6.45) is 0.292. The molecule has 7 heteroatoms. The van der Waals surface area contributed by atoms with E-state index in [1.807, 2.05) is 6.92 Å². The molecule has 2 heterocycles. The third kappa shape index (κ3) is 2.62. The lowest BCUT2D eigenvalue weighted by atomic mass is 10.2. The van der Waals surface area contributed by atoms with Gasteiger partial charge in [0.05, 0.1) is 12.6 Å². The van der Waals surface area contributed by atoms with Crippen molar-refractivity contribution in [3.05, 3.63) is 11.7 Å². The normalized spacial score (nSPS) is 25.3. The zero-order valence-corrected chi connectivity index (χ0v) is 9.54. The van der Waals surface area contributed by atoms with Gasteiger partial charge < -0.3 is 14.7 Å². The van der Waals surface area contributed by atoms with E-state index in [1.165, 1.54) is 0 Å². The second-order valence-electron chi connectivity index (χ2n) is 4.13. The molecule has 0 amide bonds. The third-order valence-corrected chi connectivity index (χ3v) is 2.82. The maximum absolute atomic E-state index is 11.0. The molecular weight excluding hydrogens is 226 g/mol. The van der Waals surface area contributed by atoms with E-state index in [2.05, 4.69) is 10.1 Å². The Bertz CT molecular complexity index is 406. The molecule has 17 heavy (non-hydrogen) atoms. The predicted molar refractivity (Wildman–Crippen MR) is 56.1 cm³/mol. The lowest BCUT2D eigenvalue weighted by Crippen LogP contribution is -2.35. The number of hydrogen-bond acceptors (Lipinski definition) is 6. The van der Waals surface area contributed by atoms with Crippen molar-refractivity contribution in [1.29, 1.82) is 0 Å². The molecule has 2 unspecified atom stereocenters. The third-order valence-electron chi connectivity index (χ3n) is 2.82. The average Bonchev–Trinajstić information content (AvgIpc) is 2.85. The van der Waals surface area contributed by atoms with Crippen LogP contribution in [0.3, 0.4) is 0 Å². The van der Waals surface area contributed by atoms with E-state index in [0.29, 0.717) is 24.7 Å². The molecule has 1 fully saturated rings. The first-order valence-electron chi connectivity index (χ1n) is 5.56. The van der Waals surface area contributed by atoms with Crippen LogP contribution in [0.2, 0.25) is 0 Å². The van der Waals surface area contributed by atoms with Crippen LogP contribution in [0.25, 0.3) is 0 Å². The Kier molecular flexibility index (Phi) is 3.39. The molecule has 94 valence electrons. The minimum atomic E-state index is -0.930. The van der Waals surface area contributed by atoms with Crippen LogP contribution in [0.15, 0.2) is 4.52 Å². The van der Waals surface area contributed by atoms with E-state index < -0.39 is 18.1 Å². The van der Waals surface area contributed by atoms with E-state index in [-0.39, 0.29) is 13.0 Å². The number of carbonyl (C=O) groups is 1. The molecule has 0 spiro atoms. The van der Waals surface area contributed by atoms with Gasteiger partial charge in [0.2, 0.25) is 5.89 Å². The van der Waals surface area contributed by atoms with Gasteiger partial charge in [-0.1, -0.05) is 12.1 Å². The molecule has 1 aromatic rings. The molecule has 1 aliphatic rings. The fourth-order valence-electron chi connectivity index (χ4n) is 1.99. The first-order valence-corrected chi connectivity index (χ1v) is 5.56. The Balaban J connectivity index is 2.04. The molecule has 7 nitrogen and oxygen atoms in total. The summed E-state index contributed by atoms with van der Waals surface area (Å²) in [5, 5.41) is 22.3. The maximum Gasteiger partial charge on any atom is 0.321 e. The second kappa shape index (κ2) is 4.80. The van der Waals surface area contributed by atoms with Crippen LogP contribution < -0.4 is 0 Å². The number of carboxylic acid groups (broad SMARTS) is 1. The number of hydrogen-bond donors (Lipinski definition) is 2. The lowest BCUT2D eigenvalue weighted by Gasteiger charge is -2.18. The Labute approximate surface area is 98.0 Å². The summed E-state index contributed by atoms with van der Waals surface area (Å²) in [6, 6.07) is -0.673. The van der Waals surface area contributed by atoms with E-state index in [9.17, 15) is 9.90 Å². The molecule has 0 aliphatic carbocycles. The van der Waals surface area contributed by atoms with Crippen LogP contribution in [-0.4, -0.2) is 49.9 Å². The molecule has 0 saturated carbocycles. The van der Waals surface area contributed by atoms with Crippen molar-refractivity contribution in [2.24, 2.45) is 0 Å². The topological polar surface area (TPSA) is 99.7 Å². The number of carboxylic acids is 1. The summed E-state index contributed by atoms with van der Waals surface area (Å²) in [5.41, 5.74) is 0. The van der Waals surface area contributed by atoms with Crippen molar-refractivity contribution in [3.8, 4) is 0 Å². The van der Waals surface area contributed by atoms with Crippen LogP contribution in [-0.2, 0) is 17.8 Å². The first kappa shape index (κ1) is 12.0. The number of aliphatic carboxylic acids is 1. The highest BCUT2D eigenvalue weighted by Gasteiger charge is 2.36. The van der Waals surface area contributed by atoms with E-state index in [0.717, 1.165) is 0 Å².